The second-order valence-electron chi connectivity index (χ2n) is 4.96. The van der Waals surface area contributed by atoms with Gasteiger partial charge < -0.3 is 15.0 Å². The number of anilines is 2. The van der Waals surface area contributed by atoms with Crippen molar-refractivity contribution in [3.8, 4) is 5.88 Å². The normalized spacial score (nSPS) is 17.1. The maximum atomic E-state index is 5.90. The molecule has 1 aliphatic rings. The van der Waals surface area contributed by atoms with E-state index in [1.54, 1.807) is 18.6 Å². The van der Waals surface area contributed by atoms with Crippen molar-refractivity contribution in [3.63, 3.8) is 0 Å². The van der Waals surface area contributed by atoms with Crippen LogP contribution in [0.2, 0.25) is 0 Å². The molecule has 0 aromatic carbocycles. The maximum absolute atomic E-state index is 5.90. The van der Waals surface area contributed by atoms with Gasteiger partial charge in [-0.25, -0.2) is 0 Å². The summed E-state index contributed by atoms with van der Waals surface area (Å²) in [6.45, 7) is 2.12. The van der Waals surface area contributed by atoms with Crippen molar-refractivity contribution >= 4 is 11.6 Å². The van der Waals surface area contributed by atoms with Crippen LogP contribution in [0, 0.1) is 0 Å². The molecule has 7 nitrogen and oxygen atoms in total. The maximum Gasteiger partial charge on any atom is 0.234 e. The van der Waals surface area contributed by atoms with E-state index in [0.717, 1.165) is 31.7 Å². The predicted octanol–water partition coefficient (Wildman–Crippen LogP) is 1.42. The lowest BCUT2D eigenvalue weighted by Crippen LogP contribution is -2.35. The fourth-order valence-electron chi connectivity index (χ4n) is 2.20. The van der Waals surface area contributed by atoms with E-state index in [1.807, 2.05) is 6.07 Å². The molecule has 2 aromatic rings. The summed E-state index contributed by atoms with van der Waals surface area (Å²) in [6, 6.07) is 1.83. The van der Waals surface area contributed by atoms with Crippen LogP contribution in [0.5, 0.6) is 5.88 Å². The van der Waals surface area contributed by atoms with Gasteiger partial charge in [0.25, 0.3) is 0 Å². The van der Waals surface area contributed by atoms with Crippen molar-refractivity contribution in [2.45, 2.75) is 18.9 Å². The first-order valence-corrected chi connectivity index (χ1v) is 6.73. The Bertz CT molecular complexity index is 536. The second kappa shape index (κ2) is 5.87. The number of likely N-dealkylation sites (tertiary alicyclic amines) is 1. The highest BCUT2D eigenvalue weighted by molar-refractivity contribution is 5.49. The van der Waals surface area contributed by atoms with E-state index in [4.69, 9.17) is 4.74 Å². The first-order chi connectivity index (χ1) is 9.79. The molecule has 1 fully saturated rings. The molecule has 106 valence electrons. The topological polar surface area (TPSA) is 79.0 Å². The van der Waals surface area contributed by atoms with Gasteiger partial charge in [-0.15, -0.1) is 0 Å². The lowest BCUT2D eigenvalue weighted by atomic mass is 10.1. The van der Waals surface area contributed by atoms with Gasteiger partial charge >= 0.3 is 0 Å². The van der Waals surface area contributed by atoms with Gasteiger partial charge in [0.05, 0.1) is 18.6 Å². The number of H-pyrrole nitrogens is 1. The van der Waals surface area contributed by atoms with Crippen molar-refractivity contribution < 1.29 is 4.74 Å². The largest absolute Gasteiger partial charge is 0.473 e. The Hall–Kier alpha value is -2.15. The number of ether oxygens (including phenoxy) is 1. The SMILES string of the molecule is CN1CCC(Oc2cncc(Nc3ccn[nH]3)n2)CC1. The molecule has 0 amide bonds. The molecule has 3 heterocycles. The van der Waals surface area contributed by atoms with Gasteiger partial charge in [0.2, 0.25) is 5.88 Å². The minimum atomic E-state index is 0.225. The molecule has 0 radical (unpaired) electrons. The first-order valence-electron chi connectivity index (χ1n) is 6.73. The molecule has 0 aliphatic carbocycles. The Labute approximate surface area is 117 Å². The highest BCUT2D eigenvalue weighted by Crippen LogP contribution is 2.18. The van der Waals surface area contributed by atoms with Crippen LogP contribution in [-0.2, 0) is 0 Å². The Morgan fingerprint density at radius 1 is 1.35 bits per heavy atom. The highest BCUT2D eigenvalue weighted by atomic mass is 16.5. The third kappa shape index (κ3) is 3.24. The number of nitrogens with one attached hydrogen (secondary N) is 2. The van der Waals surface area contributed by atoms with Gasteiger partial charge in [0.15, 0.2) is 5.82 Å². The molecule has 0 spiro atoms. The fourth-order valence-corrected chi connectivity index (χ4v) is 2.20. The van der Waals surface area contributed by atoms with E-state index >= 15 is 0 Å². The summed E-state index contributed by atoms with van der Waals surface area (Å²) < 4.78 is 5.90. The average molecular weight is 274 g/mol. The Morgan fingerprint density at radius 2 is 2.20 bits per heavy atom. The monoisotopic (exact) mass is 274 g/mol. The van der Waals surface area contributed by atoms with E-state index in [0.29, 0.717) is 11.7 Å². The van der Waals surface area contributed by atoms with Crippen LogP contribution in [0.15, 0.2) is 24.7 Å². The van der Waals surface area contributed by atoms with Crippen molar-refractivity contribution in [1.82, 2.24) is 25.1 Å². The van der Waals surface area contributed by atoms with Crippen molar-refractivity contribution in [3.05, 3.63) is 24.7 Å². The number of rotatable bonds is 4. The molecule has 1 saturated heterocycles. The number of piperidine rings is 1. The molecule has 2 N–H and O–H groups in total. The minimum absolute atomic E-state index is 0.225. The zero-order chi connectivity index (χ0) is 13.8. The molecule has 0 saturated carbocycles. The minimum Gasteiger partial charge on any atom is -0.473 e. The molecule has 3 rings (SSSR count). The summed E-state index contributed by atoms with van der Waals surface area (Å²) in [7, 11) is 2.13. The van der Waals surface area contributed by atoms with Crippen molar-refractivity contribution in [1.29, 1.82) is 0 Å². The summed E-state index contributed by atoms with van der Waals surface area (Å²) in [4.78, 5) is 10.9. The molecule has 2 aromatic heterocycles. The van der Waals surface area contributed by atoms with Crippen LogP contribution in [0.1, 0.15) is 12.8 Å². The van der Waals surface area contributed by atoms with Crippen LogP contribution < -0.4 is 10.1 Å². The number of aromatic amines is 1. The van der Waals surface area contributed by atoms with Crippen molar-refractivity contribution in [2.75, 3.05) is 25.5 Å². The number of hydrogen-bond donors (Lipinski definition) is 2. The summed E-state index contributed by atoms with van der Waals surface area (Å²) >= 11 is 0. The summed E-state index contributed by atoms with van der Waals surface area (Å²) in [5.41, 5.74) is 0. The second-order valence-corrected chi connectivity index (χ2v) is 4.96. The number of hydrogen-bond acceptors (Lipinski definition) is 6. The standard InChI is InChI=1S/C13H18N6O/c1-19-6-3-10(4-7-19)20-13-9-14-8-12(17-13)16-11-2-5-15-18-11/h2,5,8-10H,3-4,6-7H2,1H3,(H2,15,16,17,18). The summed E-state index contributed by atoms with van der Waals surface area (Å²) in [5, 5.41) is 9.77. The Balaban J connectivity index is 1.62. The van der Waals surface area contributed by atoms with Crippen molar-refractivity contribution in [2.24, 2.45) is 0 Å². The summed E-state index contributed by atoms with van der Waals surface area (Å²) in [6.07, 6.45) is 7.25. The molecule has 20 heavy (non-hydrogen) atoms. The number of aromatic nitrogens is 4. The molecular formula is C13H18N6O. The van der Waals surface area contributed by atoms with E-state index in [9.17, 15) is 0 Å². The van der Waals surface area contributed by atoms with Gasteiger partial charge in [0.1, 0.15) is 11.9 Å². The highest BCUT2D eigenvalue weighted by Gasteiger charge is 2.18. The lowest BCUT2D eigenvalue weighted by molar-refractivity contribution is 0.110. The van der Waals surface area contributed by atoms with E-state index in [-0.39, 0.29) is 6.10 Å². The molecular weight excluding hydrogens is 256 g/mol. The molecule has 7 heteroatoms. The first kappa shape index (κ1) is 12.9. The van der Waals surface area contributed by atoms with Crippen LogP contribution >= 0.6 is 0 Å². The zero-order valence-electron chi connectivity index (χ0n) is 11.4. The van der Waals surface area contributed by atoms with E-state index in [2.05, 4.69) is 37.4 Å². The van der Waals surface area contributed by atoms with Gasteiger partial charge in [-0.1, -0.05) is 0 Å². The molecule has 0 atom stereocenters. The zero-order valence-corrected chi connectivity index (χ0v) is 11.4. The summed E-state index contributed by atoms with van der Waals surface area (Å²) in [5.74, 6) is 1.97. The van der Waals surface area contributed by atoms with Gasteiger partial charge in [0, 0.05) is 19.2 Å². The van der Waals surface area contributed by atoms with Crippen LogP contribution in [0.25, 0.3) is 0 Å². The van der Waals surface area contributed by atoms with Crippen LogP contribution in [-0.4, -0.2) is 51.3 Å². The molecule has 0 unspecified atom stereocenters. The van der Waals surface area contributed by atoms with E-state index < -0.39 is 0 Å². The van der Waals surface area contributed by atoms with E-state index in [1.165, 1.54) is 0 Å². The van der Waals surface area contributed by atoms with Gasteiger partial charge in [-0.2, -0.15) is 10.1 Å². The molecule has 1 aliphatic heterocycles. The fraction of sp³-hybridized carbons (Fsp3) is 0.462. The third-order valence-electron chi connectivity index (χ3n) is 3.33. The smallest absolute Gasteiger partial charge is 0.234 e. The van der Waals surface area contributed by atoms with Gasteiger partial charge in [-0.3, -0.25) is 10.1 Å². The quantitative estimate of drug-likeness (QED) is 0.877. The Morgan fingerprint density at radius 3 is 2.95 bits per heavy atom. The third-order valence-corrected chi connectivity index (χ3v) is 3.33. The van der Waals surface area contributed by atoms with Crippen LogP contribution in [0.3, 0.4) is 0 Å². The number of nitrogens with zero attached hydrogens (tertiary/aromatic N) is 4. The molecule has 0 bridgehead atoms. The van der Waals surface area contributed by atoms with Gasteiger partial charge in [-0.05, 0) is 19.9 Å². The lowest BCUT2D eigenvalue weighted by Gasteiger charge is -2.28. The van der Waals surface area contributed by atoms with Crippen LogP contribution in [0.4, 0.5) is 11.6 Å². The Kier molecular flexibility index (Phi) is 3.78. The predicted molar refractivity (Wildman–Crippen MR) is 75.0 cm³/mol. The average Bonchev–Trinajstić information content (AvgIpc) is 2.95.